The fourth-order valence-corrected chi connectivity index (χ4v) is 2.47. The highest BCUT2D eigenvalue weighted by Crippen LogP contribution is 2.09. The Hall–Kier alpha value is -1.76. The van der Waals surface area contributed by atoms with Crippen LogP contribution in [0, 0.1) is 5.82 Å². The third kappa shape index (κ3) is 4.25. The summed E-state index contributed by atoms with van der Waals surface area (Å²) in [5, 5.41) is 11.0. The topological polar surface area (TPSA) is 83.5 Å². The average molecular weight is 273 g/mol. The van der Waals surface area contributed by atoms with Crippen LogP contribution in [0.3, 0.4) is 0 Å². The maximum Gasteiger partial charge on any atom is 0.327 e. The summed E-state index contributed by atoms with van der Waals surface area (Å²) < 4.78 is 24.7. The van der Waals surface area contributed by atoms with Crippen molar-refractivity contribution in [3.8, 4) is 0 Å². The van der Waals surface area contributed by atoms with Crippen molar-refractivity contribution in [2.24, 2.45) is 0 Å². The molecule has 0 bridgehead atoms. The van der Waals surface area contributed by atoms with Gasteiger partial charge < -0.3 is 10.4 Å². The number of amides is 1. The fraction of sp³-hybridized carbons (Fsp3) is 0.273. The zero-order valence-electron chi connectivity index (χ0n) is 9.55. The monoisotopic (exact) mass is 273 g/mol. The molecule has 7 heteroatoms. The van der Waals surface area contributed by atoms with Gasteiger partial charge in [0.1, 0.15) is 11.9 Å². The molecular formula is C11H12FNO4S. The van der Waals surface area contributed by atoms with Crippen LogP contribution in [-0.2, 0) is 20.4 Å². The number of benzene rings is 1. The summed E-state index contributed by atoms with van der Waals surface area (Å²) in [4.78, 5) is 21.8. The van der Waals surface area contributed by atoms with E-state index in [0.29, 0.717) is 0 Å². The molecule has 0 radical (unpaired) electrons. The molecule has 1 amide bonds. The molecule has 1 aromatic rings. The molecule has 0 aliphatic rings. The highest BCUT2D eigenvalue weighted by molar-refractivity contribution is 7.85. The highest BCUT2D eigenvalue weighted by atomic mass is 32.2. The Bertz CT molecular complexity index is 492. The molecular weight excluding hydrogens is 261 g/mol. The van der Waals surface area contributed by atoms with Crippen LogP contribution in [0.15, 0.2) is 29.2 Å². The van der Waals surface area contributed by atoms with Crippen molar-refractivity contribution in [1.29, 1.82) is 0 Å². The normalized spacial score (nSPS) is 13.7. The first-order valence-electron chi connectivity index (χ1n) is 5.04. The lowest BCUT2D eigenvalue weighted by molar-refractivity contribution is -0.140. The molecule has 1 rings (SSSR count). The fourth-order valence-electron chi connectivity index (χ4n) is 1.28. The van der Waals surface area contributed by atoms with Crippen LogP contribution in [-0.4, -0.2) is 33.0 Å². The second-order valence-electron chi connectivity index (χ2n) is 3.56. The van der Waals surface area contributed by atoms with Gasteiger partial charge in [-0.1, -0.05) is 6.07 Å². The van der Waals surface area contributed by atoms with E-state index >= 15 is 0 Å². The van der Waals surface area contributed by atoms with E-state index in [9.17, 15) is 18.2 Å². The summed E-state index contributed by atoms with van der Waals surface area (Å²) in [6, 6.07) is 3.83. The molecule has 0 fully saturated rings. The van der Waals surface area contributed by atoms with E-state index in [1.807, 2.05) is 0 Å². The summed E-state index contributed by atoms with van der Waals surface area (Å²) in [6.45, 7) is 1.17. The zero-order valence-corrected chi connectivity index (χ0v) is 10.4. The van der Waals surface area contributed by atoms with Crippen molar-refractivity contribution in [2.45, 2.75) is 17.9 Å². The number of hydrogen-bond acceptors (Lipinski definition) is 3. The minimum absolute atomic E-state index is 0.187. The third-order valence-electron chi connectivity index (χ3n) is 2.05. The van der Waals surface area contributed by atoms with Gasteiger partial charge >= 0.3 is 5.97 Å². The van der Waals surface area contributed by atoms with Crippen molar-refractivity contribution in [1.82, 2.24) is 5.32 Å². The number of carboxylic acids is 1. The standard InChI is InChI=1S/C11H12FNO4S/c1-7(14)13-10(11(15)16)6-18(17)9-4-2-3-8(12)5-9/h2-5,10H,6H2,1H3,(H,13,14)(H,15,16). The van der Waals surface area contributed by atoms with Crippen LogP contribution in [0.25, 0.3) is 0 Å². The summed E-state index contributed by atoms with van der Waals surface area (Å²) >= 11 is 0. The Balaban J connectivity index is 2.78. The summed E-state index contributed by atoms with van der Waals surface area (Å²) in [5.74, 6) is -2.67. The number of carbonyl (C=O) groups is 2. The van der Waals surface area contributed by atoms with Gasteiger partial charge in [0.05, 0.1) is 16.6 Å². The van der Waals surface area contributed by atoms with Crippen molar-refractivity contribution in [3.05, 3.63) is 30.1 Å². The number of halogens is 1. The molecule has 18 heavy (non-hydrogen) atoms. The molecule has 98 valence electrons. The lowest BCUT2D eigenvalue weighted by Gasteiger charge is -2.12. The first-order chi connectivity index (χ1) is 8.40. The number of carbonyl (C=O) groups excluding carboxylic acids is 1. The Morgan fingerprint density at radius 3 is 2.67 bits per heavy atom. The van der Waals surface area contributed by atoms with Crippen molar-refractivity contribution >= 4 is 22.7 Å². The van der Waals surface area contributed by atoms with Gasteiger partial charge in [-0.3, -0.25) is 9.00 Å². The Morgan fingerprint density at radius 1 is 1.50 bits per heavy atom. The quantitative estimate of drug-likeness (QED) is 0.819. The largest absolute Gasteiger partial charge is 0.480 e. The second-order valence-corrected chi connectivity index (χ2v) is 5.06. The SMILES string of the molecule is CC(=O)NC(CS(=O)c1cccc(F)c1)C(=O)O. The van der Waals surface area contributed by atoms with Gasteiger partial charge in [0.15, 0.2) is 0 Å². The number of aliphatic carboxylic acids is 1. The molecule has 0 heterocycles. The lowest BCUT2D eigenvalue weighted by atomic mass is 10.3. The second kappa shape index (κ2) is 6.25. The van der Waals surface area contributed by atoms with Crippen LogP contribution in [0.1, 0.15) is 6.92 Å². The zero-order chi connectivity index (χ0) is 13.7. The molecule has 2 N–H and O–H groups in total. The van der Waals surface area contributed by atoms with Crippen LogP contribution in [0.5, 0.6) is 0 Å². The van der Waals surface area contributed by atoms with Gasteiger partial charge in [-0.05, 0) is 18.2 Å². The molecule has 1 aromatic carbocycles. The molecule has 0 spiro atoms. The first kappa shape index (κ1) is 14.3. The van der Waals surface area contributed by atoms with Gasteiger partial charge in [-0.25, -0.2) is 9.18 Å². The molecule has 0 aliphatic heterocycles. The molecule has 2 atom stereocenters. The van der Waals surface area contributed by atoms with E-state index in [2.05, 4.69) is 5.32 Å². The predicted octanol–water partition coefficient (Wildman–Crippen LogP) is 0.523. The average Bonchev–Trinajstić information content (AvgIpc) is 2.27. The number of rotatable bonds is 5. The summed E-state index contributed by atoms with van der Waals surface area (Å²) in [6.07, 6.45) is 0. The van der Waals surface area contributed by atoms with Crippen LogP contribution in [0.2, 0.25) is 0 Å². The maximum absolute atomic E-state index is 12.9. The van der Waals surface area contributed by atoms with E-state index in [1.54, 1.807) is 0 Å². The summed E-state index contributed by atoms with van der Waals surface area (Å²) in [7, 11) is -1.70. The Kier molecular flexibility index (Phi) is 4.96. The van der Waals surface area contributed by atoms with Crippen molar-refractivity contribution < 1.29 is 23.3 Å². The minimum atomic E-state index is -1.70. The van der Waals surface area contributed by atoms with Gasteiger partial charge in [0, 0.05) is 11.8 Å². The van der Waals surface area contributed by atoms with Crippen LogP contribution >= 0.6 is 0 Å². The van der Waals surface area contributed by atoms with Crippen LogP contribution < -0.4 is 5.32 Å². The first-order valence-corrected chi connectivity index (χ1v) is 6.36. The third-order valence-corrected chi connectivity index (χ3v) is 3.47. The van der Waals surface area contributed by atoms with E-state index in [1.165, 1.54) is 25.1 Å². The molecule has 5 nitrogen and oxygen atoms in total. The summed E-state index contributed by atoms with van der Waals surface area (Å²) in [5.41, 5.74) is 0. The minimum Gasteiger partial charge on any atom is -0.480 e. The Morgan fingerprint density at radius 2 is 2.17 bits per heavy atom. The predicted molar refractivity (Wildman–Crippen MR) is 62.9 cm³/mol. The van der Waals surface area contributed by atoms with E-state index < -0.39 is 34.5 Å². The molecule has 2 unspecified atom stereocenters. The highest BCUT2D eigenvalue weighted by Gasteiger charge is 2.22. The van der Waals surface area contributed by atoms with Crippen molar-refractivity contribution in [2.75, 3.05) is 5.75 Å². The van der Waals surface area contributed by atoms with E-state index in [0.717, 1.165) is 6.07 Å². The maximum atomic E-state index is 12.9. The Labute approximate surface area is 105 Å². The van der Waals surface area contributed by atoms with Gasteiger partial charge in [0.25, 0.3) is 0 Å². The van der Waals surface area contributed by atoms with E-state index in [4.69, 9.17) is 5.11 Å². The number of carboxylic acid groups (broad SMARTS) is 1. The number of nitrogens with one attached hydrogen (secondary N) is 1. The molecule has 0 aromatic heterocycles. The van der Waals surface area contributed by atoms with Crippen molar-refractivity contribution in [3.63, 3.8) is 0 Å². The number of hydrogen-bond donors (Lipinski definition) is 2. The van der Waals surface area contributed by atoms with Gasteiger partial charge in [-0.2, -0.15) is 0 Å². The van der Waals surface area contributed by atoms with Gasteiger partial charge in [0.2, 0.25) is 5.91 Å². The molecule has 0 aliphatic carbocycles. The molecule has 0 saturated heterocycles. The van der Waals surface area contributed by atoms with E-state index in [-0.39, 0.29) is 10.6 Å². The van der Waals surface area contributed by atoms with Gasteiger partial charge in [-0.15, -0.1) is 0 Å². The lowest BCUT2D eigenvalue weighted by Crippen LogP contribution is -2.43. The van der Waals surface area contributed by atoms with Crippen LogP contribution in [0.4, 0.5) is 4.39 Å². The smallest absolute Gasteiger partial charge is 0.327 e. The molecule has 0 saturated carbocycles.